The van der Waals surface area contributed by atoms with E-state index in [4.69, 9.17) is 4.74 Å². The number of aliphatic hydroxyl groups is 3. The maximum atomic E-state index is 11.7. The van der Waals surface area contributed by atoms with Crippen LogP contribution in [0, 0.1) is 5.41 Å². The molecule has 9 nitrogen and oxygen atoms in total. The van der Waals surface area contributed by atoms with Gasteiger partial charge in [-0.2, -0.15) is 4.98 Å². The Bertz CT molecular complexity index is 845. The summed E-state index contributed by atoms with van der Waals surface area (Å²) in [6.07, 6.45) is 0.211. The Morgan fingerprint density at radius 2 is 1.81 bits per heavy atom. The predicted octanol–water partition coefficient (Wildman–Crippen LogP) is -1.18. The molecule has 3 heterocycles. The van der Waals surface area contributed by atoms with Gasteiger partial charge in [-0.1, -0.05) is 20.8 Å². The molecule has 0 spiro atoms. The molecule has 0 aliphatic carbocycles. The molecule has 0 radical (unpaired) electrons. The van der Waals surface area contributed by atoms with Crippen molar-refractivity contribution in [3.8, 4) is 5.88 Å². The van der Waals surface area contributed by atoms with E-state index in [2.05, 4.69) is 15.0 Å². The highest BCUT2D eigenvalue weighted by Crippen LogP contribution is 2.53. The molecule has 1 fully saturated rings. The first kappa shape index (κ1) is 19.2. The van der Waals surface area contributed by atoms with Crippen LogP contribution in [-0.2, 0) is 10.1 Å². The van der Waals surface area contributed by atoms with Gasteiger partial charge in [-0.05, 0) is 19.3 Å². The van der Waals surface area contributed by atoms with Gasteiger partial charge >= 0.3 is 0 Å². The Morgan fingerprint density at radius 3 is 2.35 bits per heavy atom. The van der Waals surface area contributed by atoms with Crippen LogP contribution in [0.25, 0.3) is 11.2 Å². The normalized spacial score (nSPS) is 33.2. The average molecular weight is 382 g/mol. The molecule has 10 heteroatoms. The van der Waals surface area contributed by atoms with Crippen molar-refractivity contribution in [1.29, 1.82) is 0 Å². The van der Waals surface area contributed by atoms with Crippen LogP contribution in [0.3, 0.4) is 0 Å². The lowest BCUT2D eigenvalue weighted by Crippen LogP contribution is -2.65. The lowest BCUT2D eigenvalue weighted by atomic mass is 9.70. The van der Waals surface area contributed by atoms with Gasteiger partial charge in [-0.15, -0.1) is 0 Å². The van der Waals surface area contributed by atoms with E-state index >= 15 is 0 Å². The molecule has 4 N–H and O–H groups in total. The number of aliphatic hydroxyl groups excluding tert-OH is 1. The third-order valence-electron chi connectivity index (χ3n) is 5.39. The second-order valence-electron chi connectivity index (χ2n) is 8.62. The number of hydrogen-bond acceptors (Lipinski definition) is 8. The van der Waals surface area contributed by atoms with Crippen molar-refractivity contribution in [3.63, 3.8) is 0 Å². The molecule has 2 aromatic heterocycles. The molecule has 144 valence electrons. The molecule has 0 amide bonds. The van der Waals surface area contributed by atoms with Crippen molar-refractivity contribution in [2.24, 2.45) is 5.41 Å². The highest BCUT2D eigenvalue weighted by molar-refractivity contribution is 6.14. The average Bonchev–Trinajstić information content (AvgIpc) is 3.02. The zero-order chi connectivity index (χ0) is 19.7. The Morgan fingerprint density at radius 1 is 1.19 bits per heavy atom. The van der Waals surface area contributed by atoms with E-state index in [0.717, 1.165) is 0 Å². The molecule has 0 saturated carbocycles. The highest BCUT2D eigenvalue weighted by Gasteiger charge is 2.70. The van der Waals surface area contributed by atoms with Crippen molar-refractivity contribution >= 4 is 21.4 Å². The maximum absolute atomic E-state index is 11.7. The second kappa shape index (κ2) is 5.46. The lowest BCUT2D eigenvalue weighted by molar-refractivity contribution is -0.193. The van der Waals surface area contributed by atoms with Crippen molar-refractivity contribution in [2.75, 3.05) is 0 Å². The number of fused-ring (bicyclic) bond motifs is 1. The SMILES string of the molecule is CC(C)(O)[C@H]1O[C@@]([SiH3])(n2cnc3c(O)ncnc32)[C@@](O)(C(C)(C)C)[C@@H]1O. The van der Waals surface area contributed by atoms with Gasteiger partial charge in [0, 0.05) is 0 Å². The number of aromatic nitrogens is 4. The smallest absolute Gasteiger partial charge is 0.242 e. The van der Waals surface area contributed by atoms with E-state index in [1.54, 1.807) is 20.8 Å². The third-order valence-corrected chi connectivity index (χ3v) is 6.87. The van der Waals surface area contributed by atoms with E-state index < -0.39 is 34.2 Å². The molecular formula is C16H26N4O5Si. The zero-order valence-electron chi connectivity index (χ0n) is 15.8. The second-order valence-corrected chi connectivity index (χ2v) is 9.98. The highest BCUT2D eigenvalue weighted by atomic mass is 28.1. The summed E-state index contributed by atoms with van der Waals surface area (Å²) in [4.78, 5) is 12.0. The molecule has 4 atom stereocenters. The quantitative estimate of drug-likeness (QED) is 0.477. The molecule has 1 aliphatic heterocycles. The third kappa shape index (κ3) is 2.33. The number of hydrogen-bond donors (Lipinski definition) is 4. The number of nitrogens with zero attached hydrogens (tertiary/aromatic N) is 4. The summed E-state index contributed by atoms with van der Waals surface area (Å²) < 4.78 is 7.68. The minimum Gasteiger partial charge on any atom is -0.492 e. The predicted molar refractivity (Wildman–Crippen MR) is 96.5 cm³/mol. The summed E-state index contributed by atoms with van der Waals surface area (Å²) in [5.74, 6) is -0.282. The first-order valence-corrected chi connectivity index (χ1v) is 9.43. The van der Waals surface area contributed by atoms with Crippen LogP contribution >= 0.6 is 0 Å². The van der Waals surface area contributed by atoms with E-state index in [9.17, 15) is 20.4 Å². The monoisotopic (exact) mass is 382 g/mol. The van der Waals surface area contributed by atoms with Gasteiger partial charge in [0.15, 0.2) is 16.5 Å². The molecule has 0 unspecified atom stereocenters. The van der Waals surface area contributed by atoms with E-state index in [-0.39, 0.29) is 27.3 Å². The fourth-order valence-electron chi connectivity index (χ4n) is 3.94. The molecule has 0 bridgehead atoms. The number of rotatable bonds is 2. The summed E-state index contributed by atoms with van der Waals surface area (Å²) in [7, 11) is 0.239. The minimum atomic E-state index is -1.74. The molecule has 1 saturated heterocycles. The molecule has 3 rings (SSSR count). The van der Waals surface area contributed by atoms with Gasteiger partial charge in [-0.3, -0.25) is 4.57 Å². The fourth-order valence-corrected chi connectivity index (χ4v) is 5.57. The summed E-state index contributed by atoms with van der Waals surface area (Å²) in [6.45, 7) is 8.44. The van der Waals surface area contributed by atoms with Crippen molar-refractivity contribution in [3.05, 3.63) is 12.7 Å². The number of ether oxygens (including phenoxy) is 1. The number of aromatic hydroxyl groups is 1. The van der Waals surface area contributed by atoms with Crippen LogP contribution in [0.2, 0.25) is 0 Å². The topological polar surface area (TPSA) is 134 Å². The van der Waals surface area contributed by atoms with E-state index in [0.29, 0.717) is 0 Å². The van der Waals surface area contributed by atoms with Crippen LogP contribution in [-0.4, -0.2) is 73.6 Å². The van der Waals surface area contributed by atoms with E-state index in [1.165, 1.54) is 31.1 Å². The molecule has 1 aliphatic rings. The standard InChI is InChI=1S/C16H26N4O5Si/c1-13(2,3)15(24)9(21)10(14(4,5)23)25-16(15,26)20-7-19-8-11(20)17-6-18-12(8)22/h6-7,9-10,21,23-24H,1-5,26H3,(H,17,18,22)/t9-,10+,15+,16+/m1/s1. The molecular weight excluding hydrogens is 356 g/mol. The Labute approximate surface area is 154 Å². The Balaban J connectivity index is 2.29. The zero-order valence-corrected chi connectivity index (χ0v) is 17.8. The van der Waals surface area contributed by atoms with Gasteiger partial charge in [0.2, 0.25) is 5.88 Å². The van der Waals surface area contributed by atoms with Gasteiger partial charge in [-0.25, -0.2) is 9.97 Å². The van der Waals surface area contributed by atoms with Crippen LogP contribution in [0.15, 0.2) is 12.7 Å². The van der Waals surface area contributed by atoms with Crippen LogP contribution < -0.4 is 0 Å². The van der Waals surface area contributed by atoms with Gasteiger partial charge in [0.05, 0.1) is 22.2 Å². The van der Waals surface area contributed by atoms with Crippen molar-refractivity contribution in [1.82, 2.24) is 19.5 Å². The summed E-state index contributed by atoms with van der Waals surface area (Å²) in [5, 5.41) is 41.8. The van der Waals surface area contributed by atoms with Gasteiger partial charge in [0.1, 0.15) is 24.1 Å². The van der Waals surface area contributed by atoms with Crippen molar-refractivity contribution < 1.29 is 25.2 Å². The first-order valence-electron chi connectivity index (χ1n) is 8.43. The Kier molecular flexibility index (Phi) is 4.02. The first-order chi connectivity index (χ1) is 11.7. The number of imidazole rings is 1. The largest absolute Gasteiger partial charge is 0.492 e. The summed E-state index contributed by atoms with van der Waals surface area (Å²) in [6, 6.07) is 0. The molecule has 2 aromatic rings. The summed E-state index contributed by atoms with van der Waals surface area (Å²) >= 11 is 0. The van der Waals surface area contributed by atoms with Crippen molar-refractivity contribution in [2.45, 2.75) is 63.4 Å². The van der Waals surface area contributed by atoms with Crippen LogP contribution in [0.1, 0.15) is 34.6 Å². The summed E-state index contributed by atoms with van der Waals surface area (Å²) in [5.41, 5.74) is -3.49. The fraction of sp³-hybridized carbons (Fsp3) is 0.688. The van der Waals surface area contributed by atoms with Gasteiger partial charge < -0.3 is 25.2 Å². The Hall–Kier alpha value is -1.59. The molecule has 0 aromatic carbocycles. The van der Waals surface area contributed by atoms with Crippen LogP contribution in [0.5, 0.6) is 5.88 Å². The molecule has 26 heavy (non-hydrogen) atoms. The van der Waals surface area contributed by atoms with Gasteiger partial charge in [0.25, 0.3) is 0 Å². The lowest BCUT2D eigenvalue weighted by Gasteiger charge is -2.48. The van der Waals surface area contributed by atoms with E-state index in [1.807, 2.05) is 0 Å². The van der Waals surface area contributed by atoms with Crippen LogP contribution in [0.4, 0.5) is 0 Å². The maximum Gasteiger partial charge on any atom is 0.242 e. The minimum absolute atomic E-state index is 0.170.